The van der Waals surface area contributed by atoms with Crippen molar-refractivity contribution in [2.45, 2.75) is 25.9 Å². The van der Waals surface area contributed by atoms with Crippen molar-refractivity contribution >= 4 is 23.5 Å². The summed E-state index contributed by atoms with van der Waals surface area (Å²) in [5.74, 6) is 0.00886. The van der Waals surface area contributed by atoms with Crippen LogP contribution >= 0.6 is 11.6 Å². The molecule has 0 atom stereocenters. The summed E-state index contributed by atoms with van der Waals surface area (Å²) in [6.07, 6.45) is 2.08. The zero-order valence-corrected chi connectivity index (χ0v) is 12.0. The molecule has 0 aliphatic heterocycles. The first-order valence-electron chi connectivity index (χ1n) is 6.70. The molecule has 4 nitrogen and oxygen atoms in total. The number of alkyl halides is 1. The molecule has 0 aromatic heterocycles. The van der Waals surface area contributed by atoms with Crippen LogP contribution in [0.15, 0.2) is 30.3 Å². The molecule has 20 heavy (non-hydrogen) atoms. The van der Waals surface area contributed by atoms with Gasteiger partial charge in [0.25, 0.3) is 0 Å². The van der Waals surface area contributed by atoms with Gasteiger partial charge in [0.2, 0.25) is 0 Å². The average molecular weight is 296 g/mol. The normalized spacial score (nSPS) is 16.1. The number of hydrogen-bond acceptors (Lipinski definition) is 3. The van der Waals surface area contributed by atoms with Crippen molar-refractivity contribution in [3.63, 3.8) is 0 Å². The number of ether oxygens (including phenoxy) is 1. The number of alkyl carbamates (subject to hydrolysis) is 1. The minimum atomic E-state index is -0.498. The largest absolute Gasteiger partial charge is 0.445 e. The third-order valence-corrected chi connectivity index (χ3v) is 4.05. The summed E-state index contributed by atoms with van der Waals surface area (Å²) < 4.78 is 5.11. The van der Waals surface area contributed by atoms with Gasteiger partial charge in [-0.15, -0.1) is 11.6 Å². The fourth-order valence-electron chi connectivity index (χ4n) is 2.32. The Balaban J connectivity index is 1.76. The van der Waals surface area contributed by atoms with E-state index in [1.165, 1.54) is 0 Å². The summed E-state index contributed by atoms with van der Waals surface area (Å²) in [5.41, 5.74) is 0.464. The molecule has 1 saturated carbocycles. The Labute approximate surface area is 123 Å². The Morgan fingerprint density at radius 1 is 1.25 bits per heavy atom. The first kappa shape index (κ1) is 14.9. The van der Waals surface area contributed by atoms with Gasteiger partial charge in [0.15, 0.2) is 5.78 Å². The maximum absolute atomic E-state index is 11.8. The number of Topliss-reactive ketones (excluding diaryl/α,β-unsaturated/α-hetero) is 1. The summed E-state index contributed by atoms with van der Waals surface area (Å²) in [4.78, 5) is 23.4. The molecule has 108 valence electrons. The smallest absolute Gasteiger partial charge is 0.407 e. The van der Waals surface area contributed by atoms with Crippen molar-refractivity contribution in [1.29, 1.82) is 0 Å². The minimum absolute atomic E-state index is 0.000737. The predicted molar refractivity (Wildman–Crippen MR) is 76.6 cm³/mol. The van der Waals surface area contributed by atoms with Crippen molar-refractivity contribution in [2.24, 2.45) is 5.41 Å². The van der Waals surface area contributed by atoms with Crippen LogP contribution in [0, 0.1) is 5.41 Å². The molecule has 0 bridgehead atoms. The fourth-order valence-corrected chi connectivity index (χ4v) is 2.60. The van der Waals surface area contributed by atoms with E-state index in [1.807, 2.05) is 30.3 Å². The molecule has 0 unspecified atom stereocenters. The molecule has 0 heterocycles. The van der Waals surface area contributed by atoms with Crippen LogP contribution in [0.5, 0.6) is 0 Å². The van der Waals surface area contributed by atoms with Gasteiger partial charge >= 0.3 is 6.09 Å². The monoisotopic (exact) mass is 295 g/mol. The highest BCUT2D eigenvalue weighted by Crippen LogP contribution is 2.41. The highest BCUT2D eigenvalue weighted by Gasteiger charge is 2.43. The molecule has 1 fully saturated rings. The van der Waals surface area contributed by atoms with Gasteiger partial charge in [0.05, 0.1) is 5.88 Å². The molecule has 2 rings (SSSR count). The number of nitrogens with one attached hydrogen (secondary N) is 1. The molecule has 1 aromatic carbocycles. The van der Waals surface area contributed by atoms with Crippen LogP contribution in [-0.2, 0) is 16.1 Å². The topological polar surface area (TPSA) is 55.4 Å². The van der Waals surface area contributed by atoms with Crippen LogP contribution in [-0.4, -0.2) is 24.3 Å². The number of ketones is 1. The lowest BCUT2D eigenvalue weighted by atomic mass is 9.66. The number of hydrogen-bond donors (Lipinski definition) is 1. The summed E-state index contributed by atoms with van der Waals surface area (Å²) in [6, 6.07) is 9.45. The molecular formula is C15H18ClNO3. The van der Waals surface area contributed by atoms with Crippen LogP contribution in [0.3, 0.4) is 0 Å². The zero-order chi connectivity index (χ0) is 14.4. The first-order valence-corrected chi connectivity index (χ1v) is 7.23. The third-order valence-electron chi connectivity index (χ3n) is 3.81. The first-order chi connectivity index (χ1) is 9.66. The number of carbonyl (C=O) groups excluding carboxylic acids is 2. The van der Waals surface area contributed by atoms with E-state index in [0.717, 1.165) is 24.8 Å². The average Bonchev–Trinajstić information content (AvgIpc) is 2.44. The number of amides is 1. The van der Waals surface area contributed by atoms with Crippen molar-refractivity contribution in [1.82, 2.24) is 5.32 Å². The van der Waals surface area contributed by atoms with Crippen molar-refractivity contribution < 1.29 is 14.3 Å². The highest BCUT2D eigenvalue weighted by atomic mass is 35.5. The lowest BCUT2D eigenvalue weighted by Gasteiger charge is -2.39. The summed E-state index contributed by atoms with van der Waals surface area (Å²) in [7, 11) is 0. The molecule has 0 saturated heterocycles. The molecular weight excluding hydrogens is 278 g/mol. The predicted octanol–water partition coefficient (Wildman–Crippen LogP) is 2.89. The Morgan fingerprint density at radius 2 is 1.95 bits per heavy atom. The van der Waals surface area contributed by atoms with Gasteiger partial charge in [0, 0.05) is 12.0 Å². The lowest BCUT2D eigenvalue weighted by Crippen LogP contribution is -2.48. The van der Waals surface area contributed by atoms with Crippen molar-refractivity contribution in [2.75, 3.05) is 12.4 Å². The van der Waals surface area contributed by atoms with Gasteiger partial charge in [0.1, 0.15) is 6.61 Å². The van der Waals surface area contributed by atoms with Gasteiger partial charge in [-0.2, -0.15) is 0 Å². The SMILES string of the molecule is O=C(NCC1(C(=O)CCl)CCC1)OCc1ccccc1. The summed E-state index contributed by atoms with van der Waals surface area (Å²) in [6.45, 7) is 0.537. The highest BCUT2D eigenvalue weighted by molar-refractivity contribution is 6.28. The summed E-state index contributed by atoms with van der Waals surface area (Å²) in [5, 5.41) is 2.67. The lowest BCUT2D eigenvalue weighted by molar-refractivity contribution is -0.130. The molecule has 1 aliphatic rings. The van der Waals surface area contributed by atoms with E-state index >= 15 is 0 Å². The maximum Gasteiger partial charge on any atom is 0.407 e. The molecule has 0 radical (unpaired) electrons. The van der Waals surface area contributed by atoms with Crippen LogP contribution in [0.4, 0.5) is 4.79 Å². The standard InChI is InChI=1S/C15H18ClNO3/c16-9-13(18)15(7-4-8-15)11-17-14(19)20-10-12-5-2-1-3-6-12/h1-3,5-6H,4,7-11H2,(H,17,19). The number of benzene rings is 1. The van der Waals surface area contributed by atoms with Gasteiger partial charge in [-0.1, -0.05) is 36.8 Å². The second kappa shape index (κ2) is 6.75. The fraction of sp³-hybridized carbons (Fsp3) is 0.467. The van der Waals surface area contributed by atoms with E-state index in [9.17, 15) is 9.59 Å². The van der Waals surface area contributed by atoms with E-state index in [1.54, 1.807) is 0 Å². The maximum atomic E-state index is 11.8. The number of rotatable bonds is 6. The van der Waals surface area contributed by atoms with Gasteiger partial charge in [-0.3, -0.25) is 4.79 Å². The Bertz CT molecular complexity index is 471. The molecule has 1 N–H and O–H groups in total. The van der Waals surface area contributed by atoms with Crippen molar-refractivity contribution in [3.05, 3.63) is 35.9 Å². The molecule has 5 heteroatoms. The van der Waals surface area contributed by atoms with E-state index in [0.29, 0.717) is 6.54 Å². The Morgan fingerprint density at radius 3 is 2.50 bits per heavy atom. The van der Waals surface area contributed by atoms with E-state index < -0.39 is 11.5 Å². The molecule has 1 aliphatic carbocycles. The third kappa shape index (κ3) is 3.51. The second-order valence-corrected chi connectivity index (χ2v) is 5.37. The van der Waals surface area contributed by atoms with Crippen molar-refractivity contribution in [3.8, 4) is 0 Å². The van der Waals surface area contributed by atoms with Gasteiger partial charge in [-0.25, -0.2) is 4.79 Å². The second-order valence-electron chi connectivity index (χ2n) is 5.11. The Hall–Kier alpha value is -1.55. The summed E-state index contributed by atoms with van der Waals surface area (Å²) >= 11 is 5.61. The minimum Gasteiger partial charge on any atom is -0.445 e. The van der Waals surface area contributed by atoms with Gasteiger partial charge < -0.3 is 10.1 Å². The quantitative estimate of drug-likeness (QED) is 0.821. The van der Waals surface area contributed by atoms with Crippen LogP contribution < -0.4 is 5.32 Å². The van der Waals surface area contributed by atoms with Crippen LogP contribution in [0.25, 0.3) is 0 Å². The number of halogens is 1. The molecule has 1 aromatic rings. The number of carbonyl (C=O) groups is 2. The van der Waals surface area contributed by atoms with E-state index in [4.69, 9.17) is 16.3 Å². The van der Waals surface area contributed by atoms with Gasteiger partial charge in [-0.05, 0) is 18.4 Å². The zero-order valence-electron chi connectivity index (χ0n) is 11.2. The van der Waals surface area contributed by atoms with E-state index in [2.05, 4.69) is 5.32 Å². The van der Waals surface area contributed by atoms with E-state index in [-0.39, 0.29) is 18.3 Å². The van der Waals surface area contributed by atoms with Crippen LogP contribution in [0.1, 0.15) is 24.8 Å². The van der Waals surface area contributed by atoms with Crippen LogP contribution in [0.2, 0.25) is 0 Å². The molecule has 0 spiro atoms. The Kier molecular flexibility index (Phi) is 5.01. The molecule has 1 amide bonds.